The van der Waals surface area contributed by atoms with E-state index in [1.165, 1.54) is 18.3 Å². The molecule has 0 fully saturated rings. The first-order chi connectivity index (χ1) is 8.99. The van der Waals surface area contributed by atoms with Gasteiger partial charge < -0.3 is 11.1 Å². The topological polar surface area (TPSA) is 68.0 Å². The molecule has 0 bridgehead atoms. The SMILES string of the molecule is Nc1cc(F)cc(C(=O)Nc2cccnc2Cl)c1F. The maximum Gasteiger partial charge on any atom is 0.258 e. The number of nitrogens with one attached hydrogen (secondary N) is 1. The molecule has 98 valence electrons. The van der Waals surface area contributed by atoms with Crippen molar-refractivity contribution in [1.29, 1.82) is 0 Å². The maximum atomic E-state index is 13.6. The number of rotatable bonds is 2. The lowest BCUT2D eigenvalue weighted by Crippen LogP contribution is -2.15. The molecule has 1 amide bonds. The fourth-order valence-corrected chi connectivity index (χ4v) is 1.61. The van der Waals surface area contributed by atoms with Crippen molar-refractivity contribution in [3.05, 3.63) is 52.8 Å². The van der Waals surface area contributed by atoms with Crippen LogP contribution in [0.1, 0.15) is 10.4 Å². The number of nitrogen functional groups attached to an aromatic ring is 1. The van der Waals surface area contributed by atoms with Crippen molar-refractivity contribution < 1.29 is 13.6 Å². The zero-order valence-corrected chi connectivity index (χ0v) is 10.2. The molecule has 2 aromatic rings. The van der Waals surface area contributed by atoms with Crippen molar-refractivity contribution in [3.8, 4) is 0 Å². The minimum Gasteiger partial charge on any atom is -0.396 e. The van der Waals surface area contributed by atoms with E-state index >= 15 is 0 Å². The average Bonchev–Trinajstić information content (AvgIpc) is 2.36. The van der Waals surface area contributed by atoms with E-state index in [1.54, 1.807) is 0 Å². The maximum absolute atomic E-state index is 13.6. The van der Waals surface area contributed by atoms with E-state index in [9.17, 15) is 13.6 Å². The largest absolute Gasteiger partial charge is 0.396 e. The van der Waals surface area contributed by atoms with Crippen molar-refractivity contribution in [3.63, 3.8) is 0 Å². The number of carbonyl (C=O) groups is 1. The Labute approximate surface area is 112 Å². The Morgan fingerprint density at radius 2 is 2.11 bits per heavy atom. The number of amides is 1. The van der Waals surface area contributed by atoms with Crippen molar-refractivity contribution in [2.24, 2.45) is 0 Å². The van der Waals surface area contributed by atoms with Crippen LogP contribution in [0.2, 0.25) is 5.15 Å². The molecule has 0 aliphatic heterocycles. The number of carbonyl (C=O) groups excluding carboxylic acids is 1. The summed E-state index contributed by atoms with van der Waals surface area (Å²) in [4.78, 5) is 15.6. The van der Waals surface area contributed by atoms with Gasteiger partial charge in [-0.1, -0.05) is 11.6 Å². The monoisotopic (exact) mass is 283 g/mol. The first-order valence-electron chi connectivity index (χ1n) is 5.15. The van der Waals surface area contributed by atoms with Crippen LogP contribution in [-0.4, -0.2) is 10.9 Å². The zero-order valence-electron chi connectivity index (χ0n) is 9.45. The van der Waals surface area contributed by atoms with Crippen molar-refractivity contribution >= 4 is 28.9 Å². The van der Waals surface area contributed by atoms with E-state index in [1.807, 2.05) is 0 Å². The second-order valence-electron chi connectivity index (χ2n) is 3.65. The predicted octanol–water partition coefficient (Wildman–Crippen LogP) is 2.85. The number of nitrogens with zero attached hydrogens (tertiary/aromatic N) is 1. The summed E-state index contributed by atoms with van der Waals surface area (Å²) in [6.45, 7) is 0. The molecule has 3 N–H and O–H groups in total. The van der Waals surface area contributed by atoms with Gasteiger partial charge in [0.1, 0.15) is 5.82 Å². The fraction of sp³-hybridized carbons (Fsp3) is 0. The van der Waals surface area contributed by atoms with E-state index in [4.69, 9.17) is 17.3 Å². The number of nitrogens with two attached hydrogens (primary N) is 1. The lowest BCUT2D eigenvalue weighted by Gasteiger charge is -2.08. The number of hydrogen-bond donors (Lipinski definition) is 2. The highest BCUT2D eigenvalue weighted by Crippen LogP contribution is 2.21. The van der Waals surface area contributed by atoms with Gasteiger partial charge in [-0.25, -0.2) is 13.8 Å². The molecule has 1 heterocycles. The van der Waals surface area contributed by atoms with Crippen LogP contribution in [0.25, 0.3) is 0 Å². The van der Waals surface area contributed by atoms with Crippen LogP contribution in [0.15, 0.2) is 30.5 Å². The van der Waals surface area contributed by atoms with Gasteiger partial charge in [0.25, 0.3) is 5.91 Å². The van der Waals surface area contributed by atoms with Gasteiger partial charge in [-0.3, -0.25) is 4.79 Å². The molecule has 2 rings (SSSR count). The molecule has 0 atom stereocenters. The summed E-state index contributed by atoms with van der Waals surface area (Å²) in [6, 6.07) is 4.57. The van der Waals surface area contributed by atoms with E-state index in [0.29, 0.717) is 0 Å². The second kappa shape index (κ2) is 5.19. The Hall–Kier alpha value is -2.21. The molecule has 1 aromatic carbocycles. The number of aromatic nitrogens is 1. The number of anilines is 2. The summed E-state index contributed by atoms with van der Waals surface area (Å²) in [7, 11) is 0. The molecule has 0 unspecified atom stereocenters. The first-order valence-corrected chi connectivity index (χ1v) is 5.53. The van der Waals surface area contributed by atoms with Crippen LogP contribution >= 0.6 is 11.6 Å². The van der Waals surface area contributed by atoms with Crippen LogP contribution < -0.4 is 11.1 Å². The molecular weight excluding hydrogens is 276 g/mol. The Morgan fingerprint density at radius 1 is 1.37 bits per heavy atom. The number of hydrogen-bond acceptors (Lipinski definition) is 3. The van der Waals surface area contributed by atoms with E-state index in [-0.39, 0.29) is 10.8 Å². The zero-order chi connectivity index (χ0) is 14.0. The Balaban J connectivity index is 2.33. The van der Waals surface area contributed by atoms with Gasteiger partial charge in [-0.05, 0) is 24.3 Å². The third-order valence-electron chi connectivity index (χ3n) is 2.32. The summed E-state index contributed by atoms with van der Waals surface area (Å²) < 4.78 is 26.8. The molecule has 4 nitrogen and oxygen atoms in total. The smallest absolute Gasteiger partial charge is 0.258 e. The molecule has 19 heavy (non-hydrogen) atoms. The molecule has 0 aliphatic rings. The molecule has 0 aliphatic carbocycles. The second-order valence-corrected chi connectivity index (χ2v) is 4.01. The van der Waals surface area contributed by atoms with E-state index < -0.39 is 28.8 Å². The molecule has 7 heteroatoms. The quantitative estimate of drug-likeness (QED) is 0.658. The van der Waals surface area contributed by atoms with Crippen LogP contribution in [0.5, 0.6) is 0 Å². The standard InChI is InChI=1S/C12H8ClF2N3O/c13-11-9(2-1-3-17-11)18-12(19)7-4-6(14)5-8(16)10(7)15/h1-5H,16H2,(H,18,19). The minimum atomic E-state index is -0.987. The summed E-state index contributed by atoms with van der Waals surface area (Å²) in [5, 5.41) is 2.37. The van der Waals surface area contributed by atoms with Crippen molar-refractivity contribution in [1.82, 2.24) is 4.98 Å². The lowest BCUT2D eigenvalue weighted by molar-refractivity contribution is 0.102. The van der Waals surface area contributed by atoms with Crippen LogP contribution in [0.3, 0.4) is 0 Å². The van der Waals surface area contributed by atoms with E-state index in [0.717, 1.165) is 12.1 Å². The number of benzene rings is 1. The Kier molecular flexibility index (Phi) is 3.62. The first kappa shape index (κ1) is 13.2. The van der Waals surface area contributed by atoms with Crippen molar-refractivity contribution in [2.75, 3.05) is 11.1 Å². The molecule has 0 saturated carbocycles. The van der Waals surface area contributed by atoms with Gasteiger partial charge in [0, 0.05) is 6.20 Å². The minimum absolute atomic E-state index is 0.0423. The van der Waals surface area contributed by atoms with E-state index in [2.05, 4.69) is 10.3 Å². The van der Waals surface area contributed by atoms with Crippen LogP contribution in [0, 0.1) is 11.6 Å². The predicted molar refractivity (Wildman–Crippen MR) is 68.0 cm³/mol. The molecular formula is C12H8ClF2N3O. The van der Waals surface area contributed by atoms with Gasteiger partial charge in [0.15, 0.2) is 11.0 Å². The van der Waals surface area contributed by atoms with Gasteiger partial charge in [-0.15, -0.1) is 0 Å². The van der Waals surface area contributed by atoms with Gasteiger partial charge >= 0.3 is 0 Å². The summed E-state index contributed by atoms with van der Waals surface area (Å²) in [5.41, 5.74) is 4.50. The number of pyridine rings is 1. The molecule has 0 radical (unpaired) electrons. The average molecular weight is 284 g/mol. The van der Waals surface area contributed by atoms with Gasteiger partial charge in [0.2, 0.25) is 0 Å². The highest BCUT2D eigenvalue weighted by Gasteiger charge is 2.17. The van der Waals surface area contributed by atoms with Gasteiger partial charge in [0.05, 0.1) is 16.9 Å². The summed E-state index contributed by atoms with van der Waals surface area (Å²) >= 11 is 5.74. The third-order valence-corrected chi connectivity index (χ3v) is 2.62. The fourth-order valence-electron chi connectivity index (χ4n) is 1.44. The summed E-state index contributed by atoms with van der Waals surface area (Å²) in [5.74, 6) is -2.65. The Morgan fingerprint density at radius 3 is 2.79 bits per heavy atom. The Bertz CT molecular complexity index is 649. The van der Waals surface area contributed by atoms with Crippen LogP contribution in [-0.2, 0) is 0 Å². The molecule has 0 saturated heterocycles. The normalized spacial score (nSPS) is 10.3. The highest BCUT2D eigenvalue weighted by atomic mass is 35.5. The highest BCUT2D eigenvalue weighted by molar-refractivity contribution is 6.32. The van der Waals surface area contributed by atoms with Crippen LogP contribution in [0.4, 0.5) is 20.2 Å². The van der Waals surface area contributed by atoms with Crippen molar-refractivity contribution in [2.45, 2.75) is 0 Å². The summed E-state index contributed by atoms with van der Waals surface area (Å²) in [6.07, 6.45) is 1.43. The molecule has 0 spiro atoms. The number of halogens is 3. The molecule has 1 aromatic heterocycles. The lowest BCUT2D eigenvalue weighted by atomic mass is 10.1. The van der Waals surface area contributed by atoms with Gasteiger partial charge in [-0.2, -0.15) is 0 Å². The third kappa shape index (κ3) is 2.79.